The highest BCUT2D eigenvalue weighted by Gasteiger charge is 2.35. The van der Waals surface area contributed by atoms with Crippen molar-refractivity contribution in [1.29, 1.82) is 0 Å². The lowest BCUT2D eigenvalue weighted by molar-refractivity contribution is -0.136. The molecule has 1 aromatic carbocycles. The average Bonchev–Trinajstić information content (AvgIpc) is 2.88. The van der Waals surface area contributed by atoms with Gasteiger partial charge in [0.15, 0.2) is 0 Å². The van der Waals surface area contributed by atoms with Crippen LogP contribution in [-0.4, -0.2) is 36.0 Å². The van der Waals surface area contributed by atoms with Gasteiger partial charge in [0.05, 0.1) is 20.3 Å². The number of nitrogens with zero attached hydrogens (tertiary/aromatic N) is 2. The molecular formula is C21H27N3O3. The molecule has 2 aromatic rings. The summed E-state index contributed by atoms with van der Waals surface area (Å²) in [6.45, 7) is 9.87. The van der Waals surface area contributed by atoms with Crippen molar-refractivity contribution in [1.82, 2.24) is 15.1 Å². The molecule has 0 saturated carbocycles. The van der Waals surface area contributed by atoms with Gasteiger partial charge < -0.3 is 14.8 Å². The van der Waals surface area contributed by atoms with E-state index in [0.29, 0.717) is 24.4 Å². The van der Waals surface area contributed by atoms with Crippen LogP contribution in [0.2, 0.25) is 0 Å². The Hall–Kier alpha value is -2.76. The summed E-state index contributed by atoms with van der Waals surface area (Å²) in [4.78, 5) is 12.5. The number of nitrogens with one attached hydrogen (secondary N) is 1. The van der Waals surface area contributed by atoms with Gasteiger partial charge in [0, 0.05) is 29.4 Å². The van der Waals surface area contributed by atoms with Crippen molar-refractivity contribution in [3.8, 4) is 5.75 Å². The summed E-state index contributed by atoms with van der Waals surface area (Å²) in [7, 11) is 1.66. The lowest BCUT2D eigenvalue weighted by Gasteiger charge is -2.24. The lowest BCUT2D eigenvalue weighted by Crippen LogP contribution is -2.30. The van der Waals surface area contributed by atoms with Crippen molar-refractivity contribution in [3.63, 3.8) is 0 Å². The van der Waals surface area contributed by atoms with Crippen molar-refractivity contribution in [2.24, 2.45) is 0 Å². The first-order chi connectivity index (χ1) is 12.9. The molecule has 6 heteroatoms. The van der Waals surface area contributed by atoms with E-state index in [1.165, 1.54) is 0 Å². The van der Waals surface area contributed by atoms with E-state index in [9.17, 15) is 4.79 Å². The topological polar surface area (TPSA) is 65.4 Å². The Morgan fingerprint density at radius 2 is 2.00 bits per heavy atom. The first-order valence-corrected chi connectivity index (χ1v) is 9.19. The Morgan fingerprint density at radius 1 is 1.30 bits per heavy atom. The molecule has 1 aromatic heterocycles. The number of hydrogen-bond acceptors (Lipinski definition) is 5. The minimum absolute atomic E-state index is 0.164. The molecule has 0 aliphatic carbocycles. The molecule has 1 aliphatic rings. The van der Waals surface area contributed by atoms with E-state index in [2.05, 4.69) is 26.1 Å². The number of carbonyl (C=O) groups is 1. The number of fused-ring (bicyclic) bond motifs is 1. The fraction of sp³-hybridized carbons (Fsp3) is 0.429. The highest BCUT2D eigenvalue weighted by atomic mass is 16.5. The van der Waals surface area contributed by atoms with Crippen LogP contribution in [0.4, 0.5) is 0 Å². The number of carbonyl (C=O) groups excluding carboxylic acids is 1. The van der Waals surface area contributed by atoms with Gasteiger partial charge in [-0.1, -0.05) is 26.0 Å². The van der Waals surface area contributed by atoms with Crippen LogP contribution in [0.15, 0.2) is 30.5 Å². The number of hydrogen-bond donors (Lipinski definition) is 1. The second-order valence-corrected chi connectivity index (χ2v) is 7.36. The van der Waals surface area contributed by atoms with Gasteiger partial charge >= 0.3 is 5.97 Å². The van der Waals surface area contributed by atoms with E-state index in [1.807, 2.05) is 28.9 Å². The molecule has 0 fully saturated rings. The minimum Gasteiger partial charge on any atom is -0.497 e. The van der Waals surface area contributed by atoms with Gasteiger partial charge in [0.1, 0.15) is 17.0 Å². The van der Waals surface area contributed by atoms with Crippen molar-refractivity contribution >= 4 is 11.5 Å². The second-order valence-electron chi connectivity index (χ2n) is 7.36. The Labute approximate surface area is 160 Å². The largest absolute Gasteiger partial charge is 0.497 e. The van der Waals surface area contributed by atoms with Crippen molar-refractivity contribution < 1.29 is 14.3 Å². The highest BCUT2D eigenvalue weighted by Crippen LogP contribution is 2.35. The van der Waals surface area contributed by atoms with Crippen LogP contribution < -0.4 is 10.1 Å². The Morgan fingerprint density at radius 3 is 2.63 bits per heavy atom. The molecule has 0 amide bonds. The number of esters is 1. The third kappa shape index (κ3) is 3.70. The average molecular weight is 369 g/mol. The third-order valence-corrected chi connectivity index (χ3v) is 4.92. The maximum Gasteiger partial charge on any atom is 0.341 e. The van der Waals surface area contributed by atoms with E-state index in [-0.39, 0.29) is 11.4 Å². The molecule has 2 heterocycles. The van der Waals surface area contributed by atoms with Crippen molar-refractivity contribution in [2.75, 3.05) is 20.3 Å². The summed E-state index contributed by atoms with van der Waals surface area (Å²) in [5, 5.41) is 8.05. The molecule has 0 spiro atoms. The predicted molar refractivity (Wildman–Crippen MR) is 105 cm³/mol. The van der Waals surface area contributed by atoms with E-state index in [4.69, 9.17) is 14.6 Å². The van der Waals surface area contributed by atoms with Crippen LogP contribution in [0.1, 0.15) is 43.3 Å². The molecule has 0 radical (unpaired) electrons. The normalized spacial score (nSPS) is 15.2. The second kappa shape index (κ2) is 7.47. The molecule has 0 saturated heterocycles. The van der Waals surface area contributed by atoms with Crippen LogP contribution in [0.3, 0.4) is 0 Å². The van der Waals surface area contributed by atoms with E-state index in [0.717, 1.165) is 29.1 Å². The molecule has 3 rings (SSSR count). The fourth-order valence-electron chi connectivity index (χ4n) is 3.53. The number of aromatic nitrogens is 2. The standard InChI is InChI=1S/C21H27N3O3/c1-6-27-20(25)17-11-22-13-21(3,4)18-14(2)24(23-19(17)18)12-15-7-9-16(26-5)10-8-15/h7-11,22H,6,12-13H2,1-5H3. The van der Waals surface area contributed by atoms with Gasteiger partial charge in [-0.15, -0.1) is 0 Å². The van der Waals surface area contributed by atoms with Crippen LogP contribution in [-0.2, 0) is 21.5 Å². The third-order valence-electron chi connectivity index (χ3n) is 4.92. The zero-order valence-corrected chi connectivity index (χ0v) is 16.6. The summed E-state index contributed by atoms with van der Waals surface area (Å²) in [5.41, 5.74) is 4.28. The van der Waals surface area contributed by atoms with Gasteiger partial charge in [-0.2, -0.15) is 5.10 Å². The first kappa shape index (κ1) is 19.0. The summed E-state index contributed by atoms with van der Waals surface area (Å²) in [6, 6.07) is 7.94. The summed E-state index contributed by atoms with van der Waals surface area (Å²) in [6.07, 6.45) is 1.73. The molecule has 0 unspecified atom stereocenters. The molecule has 0 atom stereocenters. The maximum atomic E-state index is 12.5. The Kier molecular flexibility index (Phi) is 5.26. The van der Waals surface area contributed by atoms with Gasteiger partial charge in [-0.25, -0.2) is 4.79 Å². The number of ether oxygens (including phenoxy) is 2. The number of benzene rings is 1. The van der Waals surface area contributed by atoms with Gasteiger partial charge in [0.25, 0.3) is 0 Å². The predicted octanol–water partition coefficient (Wildman–Crippen LogP) is 3.03. The van der Waals surface area contributed by atoms with Gasteiger partial charge in [-0.05, 0) is 31.5 Å². The first-order valence-electron chi connectivity index (χ1n) is 9.19. The smallest absolute Gasteiger partial charge is 0.341 e. The van der Waals surface area contributed by atoms with E-state index >= 15 is 0 Å². The molecule has 27 heavy (non-hydrogen) atoms. The van der Waals surface area contributed by atoms with Gasteiger partial charge in [0.2, 0.25) is 0 Å². The zero-order valence-electron chi connectivity index (χ0n) is 16.6. The van der Waals surface area contributed by atoms with Crippen LogP contribution in [0.5, 0.6) is 5.75 Å². The zero-order chi connectivity index (χ0) is 19.6. The van der Waals surface area contributed by atoms with Crippen LogP contribution >= 0.6 is 0 Å². The SMILES string of the molecule is CCOC(=O)C1=CNCC(C)(C)c2c1nn(Cc1ccc(OC)cc1)c2C. The van der Waals surface area contributed by atoms with Crippen LogP contribution in [0, 0.1) is 6.92 Å². The molecule has 6 nitrogen and oxygen atoms in total. The van der Waals surface area contributed by atoms with Gasteiger partial charge in [-0.3, -0.25) is 4.68 Å². The van der Waals surface area contributed by atoms with Crippen LogP contribution in [0.25, 0.3) is 5.57 Å². The van der Waals surface area contributed by atoms with E-state index < -0.39 is 0 Å². The summed E-state index contributed by atoms with van der Waals surface area (Å²) < 4.78 is 12.4. The summed E-state index contributed by atoms with van der Waals surface area (Å²) in [5.74, 6) is 0.476. The molecule has 0 bridgehead atoms. The summed E-state index contributed by atoms with van der Waals surface area (Å²) >= 11 is 0. The van der Waals surface area contributed by atoms with E-state index in [1.54, 1.807) is 20.2 Å². The fourth-order valence-corrected chi connectivity index (χ4v) is 3.53. The highest BCUT2D eigenvalue weighted by molar-refractivity contribution is 6.16. The lowest BCUT2D eigenvalue weighted by atomic mass is 9.82. The Bertz CT molecular complexity index is 864. The number of rotatable bonds is 5. The van der Waals surface area contributed by atoms with Crippen molar-refractivity contribution in [3.05, 3.63) is 53.0 Å². The minimum atomic E-state index is -0.349. The number of methoxy groups -OCH3 is 1. The maximum absolute atomic E-state index is 12.5. The molecule has 1 N–H and O–H groups in total. The van der Waals surface area contributed by atoms with Crippen molar-refractivity contribution in [2.45, 2.75) is 39.7 Å². The molecule has 144 valence electrons. The Balaban J connectivity index is 2.03. The quantitative estimate of drug-likeness (QED) is 0.821. The monoisotopic (exact) mass is 369 g/mol. The molecule has 1 aliphatic heterocycles. The molecular weight excluding hydrogens is 342 g/mol.